The highest BCUT2D eigenvalue weighted by molar-refractivity contribution is 5.80. The Morgan fingerprint density at radius 1 is 1.06 bits per heavy atom. The van der Waals surface area contributed by atoms with Crippen molar-refractivity contribution in [2.45, 2.75) is 66.1 Å². The van der Waals surface area contributed by atoms with E-state index in [1.165, 1.54) is 5.56 Å². The van der Waals surface area contributed by atoms with E-state index in [0.29, 0.717) is 19.7 Å². The summed E-state index contributed by atoms with van der Waals surface area (Å²) in [4.78, 5) is 29.5. The molecule has 0 aliphatic heterocycles. The maximum absolute atomic E-state index is 13.4. The van der Waals surface area contributed by atoms with Gasteiger partial charge < -0.3 is 14.1 Å². The normalized spacial score (nSPS) is 13.1. The lowest BCUT2D eigenvalue weighted by atomic mass is 10.1. The molecular formula is C25H36N2O4. The van der Waals surface area contributed by atoms with Crippen LogP contribution in [0.15, 0.2) is 46.9 Å². The second-order valence-electron chi connectivity index (χ2n) is 7.92. The summed E-state index contributed by atoms with van der Waals surface area (Å²) in [5.41, 5.74) is 1.18. The third kappa shape index (κ3) is 7.55. The Bertz CT molecular complexity index is 818. The number of nitrogens with zero attached hydrogens (tertiary/aromatic N) is 2. The average molecular weight is 429 g/mol. The summed E-state index contributed by atoms with van der Waals surface area (Å²) in [6, 6.07) is 13.5. The molecule has 0 spiro atoms. The van der Waals surface area contributed by atoms with Gasteiger partial charge in [0, 0.05) is 12.6 Å². The third-order valence-corrected chi connectivity index (χ3v) is 5.61. The number of rotatable bonds is 12. The van der Waals surface area contributed by atoms with Crippen molar-refractivity contribution in [1.29, 1.82) is 0 Å². The first-order chi connectivity index (χ1) is 14.8. The lowest BCUT2D eigenvalue weighted by molar-refractivity contribution is -0.151. The van der Waals surface area contributed by atoms with Gasteiger partial charge in [0.2, 0.25) is 5.91 Å². The molecule has 6 heteroatoms. The average Bonchev–Trinajstić information content (AvgIpc) is 3.19. The van der Waals surface area contributed by atoms with E-state index in [1.807, 2.05) is 60.9 Å². The van der Waals surface area contributed by atoms with Crippen LogP contribution in [-0.4, -0.2) is 53.5 Å². The van der Waals surface area contributed by atoms with Gasteiger partial charge in [0.25, 0.3) is 0 Å². The molecule has 0 N–H and O–H groups in total. The maximum atomic E-state index is 13.4. The fourth-order valence-electron chi connectivity index (χ4n) is 3.52. The molecule has 1 aromatic carbocycles. The fourth-order valence-corrected chi connectivity index (χ4v) is 3.52. The van der Waals surface area contributed by atoms with Crippen LogP contribution in [0.25, 0.3) is 0 Å². The molecule has 0 saturated carbocycles. The number of amides is 1. The molecule has 0 fully saturated rings. The molecule has 0 aliphatic carbocycles. The molecule has 1 aromatic heterocycles. The first-order valence-corrected chi connectivity index (χ1v) is 11.1. The van der Waals surface area contributed by atoms with Crippen LogP contribution in [0.5, 0.6) is 0 Å². The molecular weight excluding hydrogens is 392 g/mol. The first kappa shape index (κ1) is 24.7. The minimum Gasteiger partial charge on any atom is -0.465 e. The first-order valence-electron chi connectivity index (χ1n) is 11.1. The van der Waals surface area contributed by atoms with Crippen molar-refractivity contribution in [1.82, 2.24) is 9.80 Å². The van der Waals surface area contributed by atoms with E-state index in [9.17, 15) is 9.59 Å². The number of carbonyl (C=O) groups is 2. The van der Waals surface area contributed by atoms with E-state index < -0.39 is 6.04 Å². The summed E-state index contributed by atoms with van der Waals surface area (Å²) in [5.74, 6) is 1.25. The number of hydrogen-bond donors (Lipinski definition) is 0. The Kier molecular flexibility index (Phi) is 9.79. The lowest BCUT2D eigenvalue weighted by Gasteiger charge is -2.34. The molecule has 0 saturated heterocycles. The van der Waals surface area contributed by atoms with E-state index >= 15 is 0 Å². The molecule has 170 valence electrons. The lowest BCUT2D eigenvalue weighted by Crippen LogP contribution is -2.50. The predicted molar refractivity (Wildman–Crippen MR) is 122 cm³/mol. The largest absolute Gasteiger partial charge is 0.465 e. The topological polar surface area (TPSA) is 63.0 Å². The molecule has 1 amide bonds. The standard InChI is InChI=1S/C25H36N2O4/c1-6-19(3)27(21(5)25(29)30-7-2)18-24(28)26(17-23-14-13-20(4)31-23)16-15-22-11-9-8-10-12-22/h8-14,19,21H,6-7,15-18H2,1-5H3/t19-,21+/m1/s1. The molecule has 6 nitrogen and oxygen atoms in total. The Morgan fingerprint density at radius 2 is 1.77 bits per heavy atom. The van der Waals surface area contributed by atoms with Crippen molar-refractivity contribution >= 4 is 11.9 Å². The van der Waals surface area contributed by atoms with Crippen LogP contribution in [0, 0.1) is 6.92 Å². The fraction of sp³-hybridized carbons (Fsp3) is 0.520. The molecule has 0 radical (unpaired) electrons. The van der Waals surface area contributed by atoms with Gasteiger partial charge in [-0.1, -0.05) is 37.3 Å². The van der Waals surface area contributed by atoms with Gasteiger partial charge in [-0.15, -0.1) is 0 Å². The maximum Gasteiger partial charge on any atom is 0.323 e. The molecule has 0 bridgehead atoms. The summed E-state index contributed by atoms with van der Waals surface area (Å²) < 4.78 is 10.9. The number of aryl methyl sites for hydroxylation is 1. The van der Waals surface area contributed by atoms with E-state index in [0.717, 1.165) is 24.4 Å². The Labute approximate surface area is 186 Å². The zero-order valence-corrected chi connectivity index (χ0v) is 19.5. The van der Waals surface area contributed by atoms with Crippen LogP contribution >= 0.6 is 0 Å². The zero-order valence-electron chi connectivity index (χ0n) is 19.5. The van der Waals surface area contributed by atoms with Crippen molar-refractivity contribution < 1.29 is 18.7 Å². The van der Waals surface area contributed by atoms with Crippen molar-refractivity contribution in [3.63, 3.8) is 0 Å². The molecule has 2 aromatic rings. The highest BCUT2D eigenvalue weighted by Crippen LogP contribution is 2.15. The summed E-state index contributed by atoms with van der Waals surface area (Å²) in [7, 11) is 0. The molecule has 0 aliphatic rings. The van der Waals surface area contributed by atoms with Gasteiger partial charge >= 0.3 is 5.97 Å². The van der Waals surface area contributed by atoms with E-state index in [2.05, 4.69) is 19.1 Å². The molecule has 2 rings (SSSR count). The van der Waals surface area contributed by atoms with Crippen LogP contribution in [0.3, 0.4) is 0 Å². The van der Waals surface area contributed by atoms with Crippen molar-refractivity contribution in [3.05, 3.63) is 59.5 Å². The van der Waals surface area contributed by atoms with Gasteiger partial charge in [0.1, 0.15) is 17.6 Å². The summed E-state index contributed by atoms with van der Waals surface area (Å²) in [6.07, 6.45) is 1.58. The second kappa shape index (κ2) is 12.3. The summed E-state index contributed by atoms with van der Waals surface area (Å²) in [5, 5.41) is 0. The van der Waals surface area contributed by atoms with Gasteiger partial charge in [0.05, 0.1) is 19.7 Å². The Morgan fingerprint density at radius 3 is 2.35 bits per heavy atom. The minimum absolute atomic E-state index is 0.0265. The third-order valence-electron chi connectivity index (χ3n) is 5.61. The highest BCUT2D eigenvalue weighted by atomic mass is 16.5. The van der Waals surface area contributed by atoms with Gasteiger partial charge in [-0.3, -0.25) is 14.5 Å². The second-order valence-corrected chi connectivity index (χ2v) is 7.92. The quantitative estimate of drug-likeness (QED) is 0.474. The number of carbonyl (C=O) groups excluding carboxylic acids is 2. The zero-order chi connectivity index (χ0) is 22.8. The number of esters is 1. The van der Waals surface area contributed by atoms with E-state index in [4.69, 9.17) is 9.15 Å². The van der Waals surface area contributed by atoms with E-state index in [1.54, 1.807) is 6.92 Å². The van der Waals surface area contributed by atoms with Crippen LogP contribution in [0.1, 0.15) is 51.2 Å². The minimum atomic E-state index is -0.485. The molecule has 2 atom stereocenters. The number of furan rings is 1. The van der Waals surface area contributed by atoms with Crippen molar-refractivity contribution in [3.8, 4) is 0 Å². The predicted octanol–water partition coefficient (Wildman–Crippen LogP) is 4.21. The van der Waals surface area contributed by atoms with Crippen molar-refractivity contribution in [2.75, 3.05) is 19.7 Å². The van der Waals surface area contributed by atoms with Crippen LogP contribution in [-0.2, 0) is 27.3 Å². The smallest absolute Gasteiger partial charge is 0.323 e. The van der Waals surface area contributed by atoms with Gasteiger partial charge in [0.15, 0.2) is 0 Å². The molecule has 0 unspecified atom stereocenters. The van der Waals surface area contributed by atoms with Gasteiger partial charge in [-0.2, -0.15) is 0 Å². The Hall–Kier alpha value is -2.60. The van der Waals surface area contributed by atoms with Gasteiger partial charge in [-0.25, -0.2) is 0 Å². The highest BCUT2D eigenvalue weighted by Gasteiger charge is 2.29. The van der Waals surface area contributed by atoms with Crippen LogP contribution in [0.2, 0.25) is 0 Å². The number of ether oxygens (including phenoxy) is 1. The van der Waals surface area contributed by atoms with Crippen molar-refractivity contribution in [2.24, 2.45) is 0 Å². The van der Waals surface area contributed by atoms with E-state index in [-0.39, 0.29) is 24.5 Å². The van der Waals surface area contributed by atoms with Gasteiger partial charge in [-0.05, 0) is 58.2 Å². The number of benzene rings is 1. The summed E-state index contributed by atoms with van der Waals surface area (Å²) in [6.45, 7) is 11.0. The van der Waals surface area contributed by atoms with Crippen LogP contribution in [0.4, 0.5) is 0 Å². The molecule has 31 heavy (non-hydrogen) atoms. The molecule has 1 heterocycles. The monoisotopic (exact) mass is 428 g/mol. The Balaban J connectivity index is 2.16. The number of hydrogen-bond acceptors (Lipinski definition) is 5. The van der Waals surface area contributed by atoms with Crippen LogP contribution < -0.4 is 0 Å². The summed E-state index contributed by atoms with van der Waals surface area (Å²) >= 11 is 0. The SMILES string of the molecule is CCOC(=O)[C@H](C)N(CC(=O)N(CCc1ccccc1)Cc1ccc(C)o1)[C@H](C)CC.